The van der Waals surface area contributed by atoms with Gasteiger partial charge < -0.3 is 4.74 Å². The first-order valence-electron chi connectivity index (χ1n) is 5.88. The lowest BCUT2D eigenvalue weighted by molar-refractivity contribution is 0.249. The molecule has 0 aromatic heterocycles. The van der Waals surface area contributed by atoms with Crippen LogP contribution in [0.4, 0.5) is 0 Å². The molecule has 88 valence electrons. The van der Waals surface area contributed by atoms with E-state index >= 15 is 0 Å². The Morgan fingerprint density at radius 2 is 1.94 bits per heavy atom. The summed E-state index contributed by atoms with van der Waals surface area (Å²) in [4.78, 5) is 0. The summed E-state index contributed by atoms with van der Waals surface area (Å²) in [7, 11) is 0. The average Bonchev–Trinajstić information content (AvgIpc) is 3.02. The summed E-state index contributed by atoms with van der Waals surface area (Å²) in [6, 6.07) is 4.34. The third-order valence-corrected chi connectivity index (χ3v) is 4.26. The van der Waals surface area contributed by atoms with Gasteiger partial charge in [0.15, 0.2) is 0 Å². The van der Waals surface area contributed by atoms with E-state index in [0.29, 0.717) is 5.41 Å². The Morgan fingerprint density at radius 3 is 2.50 bits per heavy atom. The Bertz CT molecular complexity index is 394. The van der Waals surface area contributed by atoms with Gasteiger partial charge in [-0.2, -0.15) is 12.6 Å². The second kappa shape index (κ2) is 4.33. The van der Waals surface area contributed by atoms with Crippen molar-refractivity contribution in [1.82, 2.24) is 0 Å². The zero-order valence-electron chi connectivity index (χ0n) is 10.3. The van der Waals surface area contributed by atoms with Gasteiger partial charge in [-0.15, -0.1) is 0 Å². The molecular formula is C14H20OS. The van der Waals surface area contributed by atoms with Gasteiger partial charge in [-0.05, 0) is 62.1 Å². The van der Waals surface area contributed by atoms with Crippen molar-refractivity contribution >= 4 is 12.6 Å². The van der Waals surface area contributed by atoms with Crippen LogP contribution in [0, 0.1) is 26.2 Å². The van der Waals surface area contributed by atoms with Crippen molar-refractivity contribution in [3.05, 3.63) is 28.8 Å². The Balaban J connectivity index is 2.09. The van der Waals surface area contributed by atoms with Gasteiger partial charge in [0.25, 0.3) is 0 Å². The first-order chi connectivity index (χ1) is 7.56. The van der Waals surface area contributed by atoms with Gasteiger partial charge in [0.05, 0.1) is 6.61 Å². The van der Waals surface area contributed by atoms with E-state index < -0.39 is 0 Å². The third-order valence-electron chi connectivity index (χ3n) is 3.59. The highest BCUT2D eigenvalue weighted by molar-refractivity contribution is 7.80. The summed E-state index contributed by atoms with van der Waals surface area (Å²) < 4.78 is 5.97. The van der Waals surface area contributed by atoms with E-state index in [1.807, 2.05) is 0 Å². The molecule has 0 saturated heterocycles. The van der Waals surface area contributed by atoms with E-state index in [-0.39, 0.29) is 0 Å². The van der Waals surface area contributed by atoms with Gasteiger partial charge in [-0.3, -0.25) is 0 Å². The van der Waals surface area contributed by atoms with Crippen LogP contribution in [0.1, 0.15) is 29.5 Å². The lowest BCUT2D eigenvalue weighted by atomic mass is 10.1. The predicted octanol–water partition coefficient (Wildman–Crippen LogP) is 3.70. The van der Waals surface area contributed by atoms with E-state index in [0.717, 1.165) is 18.1 Å². The number of ether oxygens (including phenoxy) is 1. The summed E-state index contributed by atoms with van der Waals surface area (Å²) in [5.74, 6) is 1.99. The monoisotopic (exact) mass is 236 g/mol. The highest BCUT2D eigenvalue weighted by Gasteiger charge is 2.42. The van der Waals surface area contributed by atoms with E-state index in [2.05, 4.69) is 45.5 Å². The smallest absolute Gasteiger partial charge is 0.122 e. The SMILES string of the molecule is Cc1cc(C)c(C)c(OCC2(CS)CC2)c1. The molecule has 16 heavy (non-hydrogen) atoms. The Morgan fingerprint density at radius 1 is 1.25 bits per heavy atom. The molecule has 1 saturated carbocycles. The molecule has 0 amide bonds. The molecule has 1 aliphatic carbocycles. The van der Waals surface area contributed by atoms with Crippen molar-refractivity contribution in [3.8, 4) is 5.75 Å². The van der Waals surface area contributed by atoms with Crippen molar-refractivity contribution < 1.29 is 4.74 Å². The van der Waals surface area contributed by atoms with Gasteiger partial charge in [0, 0.05) is 5.41 Å². The molecule has 1 fully saturated rings. The zero-order valence-corrected chi connectivity index (χ0v) is 11.2. The molecule has 2 heteroatoms. The molecule has 0 radical (unpaired) electrons. The lowest BCUT2D eigenvalue weighted by Crippen LogP contribution is -2.15. The number of rotatable bonds is 4. The van der Waals surface area contributed by atoms with Crippen molar-refractivity contribution in [1.29, 1.82) is 0 Å². The normalized spacial score (nSPS) is 17.2. The minimum Gasteiger partial charge on any atom is -0.493 e. The number of aryl methyl sites for hydroxylation is 2. The van der Waals surface area contributed by atoms with Gasteiger partial charge in [-0.25, -0.2) is 0 Å². The fourth-order valence-electron chi connectivity index (χ4n) is 1.91. The highest BCUT2D eigenvalue weighted by atomic mass is 32.1. The fraction of sp³-hybridized carbons (Fsp3) is 0.571. The minimum atomic E-state index is 0.368. The van der Waals surface area contributed by atoms with Gasteiger partial charge >= 0.3 is 0 Å². The summed E-state index contributed by atoms with van der Waals surface area (Å²) in [6.07, 6.45) is 2.53. The van der Waals surface area contributed by atoms with Crippen LogP contribution in [-0.2, 0) is 0 Å². The van der Waals surface area contributed by atoms with Crippen molar-refractivity contribution in [3.63, 3.8) is 0 Å². The lowest BCUT2D eigenvalue weighted by Gasteiger charge is -2.16. The predicted molar refractivity (Wildman–Crippen MR) is 71.7 cm³/mol. The summed E-state index contributed by atoms with van der Waals surface area (Å²) in [5, 5.41) is 0. The second-order valence-corrected chi connectivity index (χ2v) is 5.47. The van der Waals surface area contributed by atoms with Crippen molar-refractivity contribution in [2.45, 2.75) is 33.6 Å². The standard InChI is InChI=1S/C14H20OS/c1-10-6-11(2)12(3)13(7-10)15-8-14(9-16)4-5-14/h6-7,16H,4-5,8-9H2,1-3H3. The molecule has 1 nitrogen and oxygen atoms in total. The largest absolute Gasteiger partial charge is 0.493 e. The molecule has 2 rings (SSSR count). The summed E-state index contributed by atoms with van der Waals surface area (Å²) in [6.45, 7) is 7.20. The van der Waals surface area contributed by atoms with Crippen LogP contribution < -0.4 is 4.74 Å². The molecule has 0 aliphatic heterocycles. The number of benzene rings is 1. The second-order valence-electron chi connectivity index (χ2n) is 5.15. The van der Waals surface area contributed by atoms with E-state index in [4.69, 9.17) is 4.74 Å². The van der Waals surface area contributed by atoms with Crippen LogP contribution in [-0.4, -0.2) is 12.4 Å². The molecule has 1 aliphatic rings. The van der Waals surface area contributed by atoms with E-state index in [1.165, 1.54) is 29.5 Å². The van der Waals surface area contributed by atoms with Crippen LogP contribution in [0.5, 0.6) is 5.75 Å². The van der Waals surface area contributed by atoms with Crippen LogP contribution in [0.2, 0.25) is 0 Å². The molecule has 0 bridgehead atoms. The molecule has 0 atom stereocenters. The van der Waals surface area contributed by atoms with E-state index in [9.17, 15) is 0 Å². The van der Waals surface area contributed by atoms with Gasteiger partial charge in [0.2, 0.25) is 0 Å². The molecule has 0 unspecified atom stereocenters. The topological polar surface area (TPSA) is 9.23 Å². The maximum absolute atomic E-state index is 5.97. The van der Waals surface area contributed by atoms with Crippen LogP contribution in [0.15, 0.2) is 12.1 Å². The fourth-order valence-corrected chi connectivity index (χ4v) is 2.31. The first kappa shape index (κ1) is 11.8. The average molecular weight is 236 g/mol. The molecular weight excluding hydrogens is 216 g/mol. The Hall–Kier alpha value is -0.630. The first-order valence-corrected chi connectivity index (χ1v) is 6.51. The summed E-state index contributed by atoms with van der Waals surface area (Å²) in [5.41, 5.74) is 4.22. The number of thiol groups is 1. The Labute approximate surface area is 104 Å². The Kier molecular flexibility index (Phi) is 3.20. The number of hydrogen-bond acceptors (Lipinski definition) is 2. The van der Waals surface area contributed by atoms with E-state index in [1.54, 1.807) is 0 Å². The van der Waals surface area contributed by atoms with Crippen LogP contribution in [0.3, 0.4) is 0 Å². The minimum absolute atomic E-state index is 0.368. The maximum atomic E-state index is 5.97. The molecule has 0 spiro atoms. The molecule has 1 aromatic rings. The number of hydrogen-bond donors (Lipinski definition) is 1. The van der Waals surface area contributed by atoms with Crippen molar-refractivity contribution in [2.75, 3.05) is 12.4 Å². The van der Waals surface area contributed by atoms with Crippen LogP contribution >= 0.6 is 12.6 Å². The third kappa shape index (κ3) is 2.37. The van der Waals surface area contributed by atoms with Crippen LogP contribution in [0.25, 0.3) is 0 Å². The highest BCUT2D eigenvalue weighted by Crippen LogP contribution is 2.46. The molecule has 0 N–H and O–H groups in total. The van der Waals surface area contributed by atoms with Gasteiger partial charge in [-0.1, -0.05) is 6.07 Å². The summed E-state index contributed by atoms with van der Waals surface area (Å²) >= 11 is 4.40. The zero-order chi connectivity index (χ0) is 11.8. The molecule has 0 heterocycles. The quantitative estimate of drug-likeness (QED) is 0.784. The maximum Gasteiger partial charge on any atom is 0.122 e. The molecule has 1 aromatic carbocycles. The van der Waals surface area contributed by atoms with Crippen molar-refractivity contribution in [2.24, 2.45) is 5.41 Å². The van der Waals surface area contributed by atoms with Gasteiger partial charge in [0.1, 0.15) is 5.75 Å².